The van der Waals surface area contributed by atoms with Crippen LogP contribution in [-0.2, 0) is 11.8 Å². The van der Waals surface area contributed by atoms with Gasteiger partial charge in [0.2, 0.25) is 5.91 Å². The highest BCUT2D eigenvalue weighted by Gasteiger charge is 2.06. The van der Waals surface area contributed by atoms with Crippen LogP contribution in [-0.4, -0.2) is 10.5 Å². The summed E-state index contributed by atoms with van der Waals surface area (Å²) in [5, 5.41) is 3.98. The molecule has 1 heterocycles. The Hall–Kier alpha value is -2.36. The second kappa shape index (κ2) is 4.25. The summed E-state index contributed by atoms with van der Waals surface area (Å²) in [7, 11) is 1.69. The van der Waals surface area contributed by atoms with Crippen LogP contribution >= 0.6 is 0 Å². The minimum Gasteiger partial charge on any atom is -0.322 e. The maximum atomic E-state index is 11.9. The third-order valence-corrected chi connectivity index (χ3v) is 2.56. The van der Waals surface area contributed by atoms with Crippen molar-refractivity contribution in [2.24, 2.45) is 7.05 Å². The van der Waals surface area contributed by atoms with Crippen LogP contribution in [0.25, 0.3) is 10.8 Å². The molecule has 0 saturated carbocycles. The molecule has 1 amide bonds. The average molecular weight is 228 g/mol. The van der Waals surface area contributed by atoms with E-state index in [1.54, 1.807) is 37.5 Å². The molecule has 0 unspecified atom stereocenters. The van der Waals surface area contributed by atoms with E-state index in [0.29, 0.717) is 11.1 Å². The standard InChI is InChI=1S/C13H12N2O2/c1-3-12(16)14-11-6-4-5-10-9(11)7-8-15(2)13(10)17/h3-8H,1H2,2H3,(H,14,16). The molecule has 2 aromatic rings. The van der Waals surface area contributed by atoms with Gasteiger partial charge in [-0.15, -0.1) is 0 Å². The minimum absolute atomic E-state index is 0.0859. The quantitative estimate of drug-likeness (QED) is 0.795. The van der Waals surface area contributed by atoms with Crippen molar-refractivity contribution in [2.75, 3.05) is 5.32 Å². The van der Waals surface area contributed by atoms with Gasteiger partial charge in [-0.1, -0.05) is 12.6 Å². The summed E-state index contributed by atoms with van der Waals surface area (Å²) < 4.78 is 1.50. The fourth-order valence-corrected chi connectivity index (χ4v) is 1.67. The van der Waals surface area contributed by atoms with E-state index in [0.717, 1.165) is 5.39 Å². The summed E-state index contributed by atoms with van der Waals surface area (Å²) in [6, 6.07) is 7.03. The molecule has 0 saturated heterocycles. The Kier molecular flexibility index (Phi) is 2.78. The van der Waals surface area contributed by atoms with Crippen LogP contribution < -0.4 is 10.9 Å². The lowest BCUT2D eigenvalue weighted by Crippen LogP contribution is -2.16. The summed E-state index contributed by atoms with van der Waals surface area (Å²) in [6.45, 7) is 3.39. The molecule has 86 valence electrons. The van der Waals surface area contributed by atoms with Crippen molar-refractivity contribution in [3.05, 3.63) is 53.5 Å². The molecule has 4 heteroatoms. The molecule has 1 aromatic heterocycles. The van der Waals surface area contributed by atoms with E-state index in [2.05, 4.69) is 11.9 Å². The highest BCUT2D eigenvalue weighted by Crippen LogP contribution is 2.20. The highest BCUT2D eigenvalue weighted by atomic mass is 16.1. The van der Waals surface area contributed by atoms with Gasteiger partial charge in [0.25, 0.3) is 5.56 Å². The van der Waals surface area contributed by atoms with Crippen molar-refractivity contribution in [2.45, 2.75) is 0 Å². The second-order valence-corrected chi connectivity index (χ2v) is 3.69. The summed E-state index contributed by atoms with van der Waals surface area (Å²) in [5.41, 5.74) is 0.530. The fraction of sp³-hybridized carbons (Fsp3) is 0.0769. The number of hydrogen-bond donors (Lipinski definition) is 1. The van der Waals surface area contributed by atoms with Crippen molar-refractivity contribution < 1.29 is 4.79 Å². The van der Waals surface area contributed by atoms with Crippen molar-refractivity contribution in [3.8, 4) is 0 Å². The molecule has 17 heavy (non-hydrogen) atoms. The number of rotatable bonds is 2. The molecule has 1 N–H and O–H groups in total. The number of hydrogen-bond acceptors (Lipinski definition) is 2. The zero-order chi connectivity index (χ0) is 12.4. The molecule has 0 aliphatic rings. The predicted molar refractivity (Wildman–Crippen MR) is 68.0 cm³/mol. The Bertz CT molecular complexity index is 656. The highest BCUT2D eigenvalue weighted by molar-refractivity contribution is 6.05. The van der Waals surface area contributed by atoms with Crippen LogP contribution in [0, 0.1) is 0 Å². The third-order valence-electron chi connectivity index (χ3n) is 2.56. The van der Waals surface area contributed by atoms with Crippen LogP contribution in [0.2, 0.25) is 0 Å². The Labute approximate surface area is 98.2 Å². The van der Waals surface area contributed by atoms with E-state index in [1.165, 1.54) is 10.6 Å². The number of amides is 1. The zero-order valence-corrected chi connectivity index (χ0v) is 9.43. The molecule has 2 rings (SSSR count). The summed E-state index contributed by atoms with van der Waals surface area (Å²) in [6.07, 6.45) is 2.87. The number of fused-ring (bicyclic) bond motifs is 1. The van der Waals surface area contributed by atoms with E-state index in [9.17, 15) is 9.59 Å². The smallest absolute Gasteiger partial charge is 0.258 e. The van der Waals surface area contributed by atoms with Gasteiger partial charge >= 0.3 is 0 Å². The van der Waals surface area contributed by atoms with Gasteiger partial charge in [0.15, 0.2) is 0 Å². The predicted octanol–water partition coefficient (Wildman–Crippen LogP) is 1.66. The molecule has 4 nitrogen and oxygen atoms in total. The van der Waals surface area contributed by atoms with Crippen LogP contribution in [0.5, 0.6) is 0 Å². The van der Waals surface area contributed by atoms with Crippen molar-refractivity contribution in [1.29, 1.82) is 0 Å². The van der Waals surface area contributed by atoms with E-state index >= 15 is 0 Å². The van der Waals surface area contributed by atoms with Crippen molar-refractivity contribution in [1.82, 2.24) is 4.57 Å². The number of carbonyl (C=O) groups excluding carboxylic acids is 1. The van der Waals surface area contributed by atoms with Gasteiger partial charge in [0.05, 0.1) is 0 Å². The second-order valence-electron chi connectivity index (χ2n) is 3.69. The van der Waals surface area contributed by atoms with E-state index in [1.807, 2.05) is 0 Å². The molecule has 0 bridgehead atoms. The van der Waals surface area contributed by atoms with Crippen LogP contribution in [0.1, 0.15) is 0 Å². The van der Waals surface area contributed by atoms with Gasteiger partial charge in [-0.25, -0.2) is 0 Å². The van der Waals surface area contributed by atoms with Gasteiger partial charge in [-0.3, -0.25) is 9.59 Å². The molecular weight excluding hydrogens is 216 g/mol. The van der Waals surface area contributed by atoms with E-state index < -0.39 is 0 Å². The Morgan fingerprint density at radius 2 is 2.12 bits per heavy atom. The van der Waals surface area contributed by atoms with Gasteiger partial charge in [-0.2, -0.15) is 0 Å². The first-order valence-corrected chi connectivity index (χ1v) is 5.15. The van der Waals surface area contributed by atoms with Crippen LogP contribution in [0.4, 0.5) is 5.69 Å². The maximum Gasteiger partial charge on any atom is 0.258 e. The number of aryl methyl sites for hydroxylation is 1. The lowest BCUT2D eigenvalue weighted by molar-refractivity contribution is -0.111. The van der Waals surface area contributed by atoms with Crippen molar-refractivity contribution >= 4 is 22.4 Å². The molecule has 0 radical (unpaired) electrons. The Morgan fingerprint density at radius 3 is 2.82 bits per heavy atom. The van der Waals surface area contributed by atoms with Gasteiger partial charge in [0, 0.05) is 29.7 Å². The lowest BCUT2D eigenvalue weighted by Gasteiger charge is -2.07. The maximum absolute atomic E-state index is 11.9. The Balaban J connectivity index is 2.66. The van der Waals surface area contributed by atoms with Gasteiger partial charge in [0.1, 0.15) is 0 Å². The molecule has 0 fully saturated rings. The summed E-state index contributed by atoms with van der Waals surface area (Å²) >= 11 is 0. The third kappa shape index (κ3) is 1.97. The Morgan fingerprint density at radius 1 is 1.35 bits per heavy atom. The number of nitrogens with zero attached hydrogens (tertiary/aromatic N) is 1. The average Bonchev–Trinajstić information content (AvgIpc) is 2.34. The first-order valence-electron chi connectivity index (χ1n) is 5.15. The molecule has 0 atom stereocenters. The molecule has 0 aliphatic carbocycles. The summed E-state index contributed by atoms with van der Waals surface area (Å²) in [5.74, 6) is -0.293. The molecule has 0 aliphatic heterocycles. The van der Waals surface area contributed by atoms with Gasteiger partial charge < -0.3 is 9.88 Å². The van der Waals surface area contributed by atoms with Crippen LogP contribution in [0.3, 0.4) is 0 Å². The monoisotopic (exact) mass is 228 g/mol. The number of nitrogens with one attached hydrogen (secondary N) is 1. The minimum atomic E-state index is -0.293. The molecular formula is C13H12N2O2. The number of benzene rings is 1. The summed E-state index contributed by atoms with van der Waals surface area (Å²) in [4.78, 5) is 23.1. The molecule has 1 aromatic carbocycles. The van der Waals surface area contributed by atoms with E-state index in [4.69, 9.17) is 0 Å². The van der Waals surface area contributed by atoms with Gasteiger partial charge in [-0.05, 0) is 24.3 Å². The number of carbonyl (C=O) groups is 1. The number of anilines is 1. The topological polar surface area (TPSA) is 51.1 Å². The zero-order valence-electron chi connectivity index (χ0n) is 9.43. The van der Waals surface area contributed by atoms with Crippen molar-refractivity contribution in [3.63, 3.8) is 0 Å². The SMILES string of the molecule is C=CC(=O)Nc1cccc2c(=O)n(C)ccc12. The first-order chi connectivity index (χ1) is 8.13. The normalized spacial score (nSPS) is 10.2. The largest absolute Gasteiger partial charge is 0.322 e. The fourth-order valence-electron chi connectivity index (χ4n) is 1.67. The molecule has 0 spiro atoms. The first kappa shape index (κ1) is 11.1. The van der Waals surface area contributed by atoms with Crippen LogP contribution in [0.15, 0.2) is 47.9 Å². The number of aromatic nitrogens is 1. The number of pyridine rings is 1. The lowest BCUT2D eigenvalue weighted by atomic mass is 10.1. The van der Waals surface area contributed by atoms with E-state index in [-0.39, 0.29) is 11.5 Å².